The van der Waals surface area contributed by atoms with Gasteiger partial charge in [0.1, 0.15) is 24.0 Å². The topological polar surface area (TPSA) is 62.1 Å². The molecule has 0 heterocycles. The molecule has 0 aliphatic heterocycles. The average molecular weight is 487 g/mol. The van der Waals surface area contributed by atoms with Gasteiger partial charge in [0.15, 0.2) is 0 Å². The number of rotatable bonds is 6. The highest BCUT2D eigenvalue weighted by Crippen LogP contribution is 2.31. The molecule has 0 aliphatic rings. The van der Waals surface area contributed by atoms with Crippen LogP contribution in [0.2, 0.25) is 10.0 Å². The maximum atomic E-state index is 13.0. The molecular formula is C28H20Cl2N2O2. The fourth-order valence-electron chi connectivity index (χ4n) is 3.56. The first-order chi connectivity index (χ1) is 16.5. The Morgan fingerprint density at radius 2 is 1.82 bits per heavy atom. The first-order valence-corrected chi connectivity index (χ1v) is 11.3. The van der Waals surface area contributed by atoms with E-state index in [1.165, 1.54) is 0 Å². The van der Waals surface area contributed by atoms with Gasteiger partial charge in [0.05, 0.1) is 0 Å². The minimum atomic E-state index is -0.526. The lowest BCUT2D eigenvalue weighted by Gasteiger charge is -2.13. The molecule has 0 atom stereocenters. The molecule has 0 unspecified atom stereocenters. The van der Waals surface area contributed by atoms with E-state index in [-0.39, 0.29) is 12.2 Å². The van der Waals surface area contributed by atoms with E-state index in [0.29, 0.717) is 27.0 Å². The van der Waals surface area contributed by atoms with E-state index in [2.05, 4.69) is 5.32 Å². The van der Waals surface area contributed by atoms with Crippen LogP contribution in [0.5, 0.6) is 5.75 Å². The normalized spacial score (nSPS) is 11.2. The number of ether oxygens (including phenoxy) is 1. The predicted octanol–water partition coefficient (Wildman–Crippen LogP) is 7.58. The van der Waals surface area contributed by atoms with Crippen LogP contribution in [-0.4, -0.2) is 5.91 Å². The van der Waals surface area contributed by atoms with Gasteiger partial charge >= 0.3 is 0 Å². The van der Waals surface area contributed by atoms with Crippen molar-refractivity contribution in [2.75, 3.05) is 5.32 Å². The fourth-order valence-corrected chi connectivity index (χ4v) is 3.95. The highest BCUT2D eigenvalue weighted by atomic mass is 35.5. The van der Waals surface area contributed by atoms with Crippen molar-refractivity contribution in [1.29, 1.82) is 5.26 Å². The maximum absolute atomic E-state index is 13.0. The number of halogens is 2. The summed E-state index contributed by atoms with van der Waals surface area (Å²) in [7, 11) is 0. The Labute approximate surface area is 208 Å². The highest BCUT2D eigenvalue weighted by molar-refractivity contribution is 6.32. The summed E-state index contributed by atoms with van der Waals surface area (Å²) in [4.78, 5) is 13.0. The van der Waals surface area contributed by atoms with Gasteiger partial charge in [-0.1, -0.05) is 71.7 Å². The molecule has 0 spiro atoms. The van der Waals surface area contributed by atoms with E-state index in [1.807, 2.05) is 60.7 Å². The van der Waals surface area contributed by atoms with Crippen molar-refractivity contribution in [2.24, 2.45) is 0 Å². The number of amides is 1. The summed E-state index contributed by atoms with van der Waals surface area (Å²) in [5.41, 5.74) is 2.78. The van der Waals surface area contributed by atoms with Gasteiger partial charge in [-0.05, 0) is 65.2 Å². The summed E-state index contributed by atoms with van der Waals surface area (Å²) in [5.74, 6) is 0.0275. The molecule has 0 saturated heterocycles. The molecule has 1 amide bonds. The molecule has 0 aliphatic carbocycles. The van der Waals surface area contributed by atoms with Gasteiger partial charge in [0.25, 0.3) is 5.91 Å². The number of benzene rings is 4. The Morgan fingerprint density at radius 3 is 2.62 bits per heavy atom. The molecule has 34 heavy (non-hydrogen) atoms. The van der Waals surface area contributed by atoms with Crippen LogP contribution >= 0.6 is 23.2 Å². The van der Waals surface area contributed by atoms with Gasteiger partial charge in [-0.15, -0.1) is 0 Å². The third kappa shape index (κ3) is 5.23. The van der Waals surface area contributed by atoms with Crippen molar-refractivity contribution in [3.63, 3.8) is 0 Å². The van der Waals surface area contributed by atoms with E-state index < -0.39 is 5.91 Å². The van der Waals surface area contributed by atoms with E-state index in [0.717, 1.165) is 21.9 Å². The van der Waals surface area contributed by atoms with E-state index in [1.54, 1.807) is 37.3 Å². The fraction of sp³-hybridized carbons (Fsp3) is 0.0714. The molecule has 0 radical (unpaired) electrons. The summed E-state index contributed by atoms with van der Waals surface area (Å²) >= 11 is 12.3. The molecule has 168 valence electrons. The van der Waals surface area contributed by atoms with E-state index in [4.69, 9.17) is 27.9 Å². The SMILES string of the molecule is Cc1c(Cl)cccc1NC(=O)/C(C#N)=C/c1c(OCc2cccc(Cl)c2)ccc2ccccc12. The summed E-state index contributed by atoms with van der Waals surface area (Å²) in [5, 5.41) is 15.6. The molecule has 0 saturated carbocycles. The van der Waals surface area contributed by atoms with Gasteiger partial charge in [0.2, 0.25) is 0 Å². The van der Waals surface area contributed by atoms with Crippen molar-refractivity contribution in [2.45, 2.75) is 13.5 Å². The highest BCUT2D eigenvalue weighted by Gasteiger charge is 2.15. The van der Waals surface area contributed by atoms with Crippen molar-refractivity contribution in [3.05, 3.63) is 111 Å². The number of hydrogen-bond donors (Lipinski definition) is 1. The molecule has 6 heteroatoms. The number of hydrogen-bond acceptors (Lipinski definition) is 3. The summed E-state index contributed by atoms with van der Waals surface area (Å²) < 4.78 is 6.10. The van der Waals surface area contributed by atoms with Crippen molar-refractivity contribution < 1.29 is 9.53 Å². The van der Waals surface area contributed by atoms with Crippen LogP contribution in [0.4, 0.5) is 5.69 Å². The standard InChI is InChI=1S/C28H20Cl2N2O2/c1-18-25(30)10-5-11-26(18)32-28(33)21(16-31)15-24-23-9-3-2-7-20(23)12-13-27(24)34-17-19-6-4-8-22(29)14-19/h2-15H,17H2,1H3,(H,32,33)/b21-15+. The Kier molecular flexibility index (Phi) is 7.18. The molecule has 0 aromatic heterocycles. The smallest absolute Gasteiger partial charge is 0.266 e. The van der Waals surface area contributed by atoms with Gasteiger partial charge in [-0.25, -0.2) is 0 Å². The second-order valence-corrected chi connectivity index (χ2v) is 8.50. The van der Waals surface area contributed by atoms with Crippen molar-refractivity contribution in [1.82, 2.24) is 0 Å². The molecule has 0 fully saturated rings. The minimum Gasteiger partial charge on any atom is -0.488 e. The molecule has 4 nitrogen and oxygen atoms in total. The molecule has 1 N–H and O–H groups in total. The van der Waals surface area contributed by atoms with E-state index in [9.17, 15) is 10.1 Å². The Hall–Kier alpha value is -3.78. The monoisotopic (exact) mass is 486 g/mol. The number of carbonyl (C=O) groups is 1. The Morgan fingerprint density at radius 1 is 1.03 bits per heavy atom. The Bertz CT molecular complexity index is 1450. The van der Waals surface area contributed by atoms with Gasteiger partial charge in [-0.3, -0.25) is 4.79 Å². The Balaban J connectivity index is 1.71. The van der Waals surface area contributed by atoms with E-state index >= 15 is 0 Å². The number of nitrogens with zero attached hydrogens (tertiary/aromatic N) is 1. The number of nitriles is 1. The zero-order valence-corrected chi connectivity index (χ0v) is 19.8. The van der Waals surface area contributed by atoms with Crippen LogP contribution in [0.25, 0.3) is 16.8 Å². The van der Waals surface area contributed by atoms with Crippen LogP contribution in [0.3, 0.4) is 0 Å². The molecular weight excluding hydrogens is 467 g/mol. The number of nitrogens with one attached hydrogen (secondary N) is 1. The quantitative estimate of drug-likeness (QED) is 0.225. The van der Waals surface area contributed by atoms with Crippen molar-refractivity contribution >= 4 is 51.6 Å². The average Bonchev–Trinajstić information content (AvgIpc) is 2.84. The first-order valence-electron chi connectivity index (χ1n) is 10.5. The largest absolute Gasteiger partial charge is 0.488 e. The van der Waals surface area contributed by atoms with Crippen LogP contribution in [0.15, 0.2) is 84.4 Å². The molecule has 4 rings (SSSR count). The van der Waals surface area contributed by atoms with Crippen LogP contribution < -0.4 is 10.1 Å². The second-order valence-electron chi connectivity index (χ2n) is 7.65. The minimum absolute atomic E-state index is 0.0525. The van der Waals surface area contributed by atoms with Crippen molar-refractivity contribution in [3.8, 4) is 11.8 Å². The summed E-state index contributed by atoms with van der Waals surface area (Å²) in [6, 6.07) is 26.2. The number of fused-ring (bicyclic) bond motifs is 1. The number of carbonyl (C=O) groups excluding carboxylic acids is 1. The lowest BCUT2D eigenvalue weighted by Crippen LogP contribution is -2.14. The third-order valence-corrected chi connectivity index (χ3v) is 6.03. The first kappa shape index (κ1) is 23.4. The lowest BCUT2D eigenvalue weighted by atomic mass is 10.0. The van der Waals surface area contributed by atoms with Gasteiger partial charge in [-0.2, -0.15) is 5.26 Å². The molecule has 4 aromatic rings. The maximum Gasteiger partial charge on any atom is 0.266 e. The molecule has 4 aromatic carbocycles. The summed E-state index contributed by atoms with van der Waals surface area (Å²) in [6.07, 6.45) is 1.56. The zero-order chi connectivity index (χ0) is 24.1. The zero-order valence-electron chi connectivity index (χ0n) is 18.3. The van der Waals surface area contributed by atoms with Gasteiger partial charge in [0, 0.05) is 21.3 Å². The van der Waals surface area contributed by atoms with Crippen LogP contribution in [0, 0.1) is 18.3 Å². The third-order valence-electron chi connectivity index (χ3n) is 5.38. The predicted molar refractivity (Wildman–Crippen MR) is 138 cm³/mol. The van der Waals surface area contributed by atoms with Crippen LogP contribution in [0.1, 0.15) is 16.7 Å². The summed E-state index contributed by atoms with van der Waals surface area (Å²) in [6.45, 7) is 2.09. The van der Waals surface area contributed by atoms with Gasteiger partial charge < -0.3 is 10.1 Å². The number of anilines is 1. The lowest BCUT2D eigenvalue weighted by molar-refractivity contribution is -0.112. The second kappa shape index (κ2) is 10.4. The van der Waals surface area contributed by atoms with Crippen LogP contribution in [-0.2, 0) is 11.4 Å². The molecule has 0 bridgehead atoms.